The average Bonchev–Trinajstić information content (AvgIpc) is 2.85. The number of carbonyl (C=O) groups is 1. The van der Waals surface area contributed by atoms with E-state index in [0.29, 0.717) is 4.88 Å². The molecule has 19 heavy (non-hydrogen) atoms. The molecule has 0 saturated heterocycles. The first-order chi connectivity index (χ1) is 8.93. The van der Waals surface area contributed by atoms with Crippen LogP contribution in [0.5, 0.6) is 0 Å². The van der Waals surface area contributed by atoms with Crippen LogP contribution in [0.25, 0.3) is 0 Å². The summed E-state index contributed by atoms with van der Waals surface area (Å²) in [6.45, 7) is 1.92. The molecule has 100 valence electrons. The molecule has 2 aromatic heterocycles. The number of aryl methyl sites for hydroxylation is 1. The predicted molar refractivity (Wildman–Crippen MR) is 66.4 cm³/mol. The van der Waals surface area contributed by atoms with Gasteiger partial charge in [-0.1, -0.05) is 6.92 Å². The Morgan fingerprint density at radius 1 is 1.32 bits per heavy atom. The molecule has 0 aromatic carbocycles. The number of ketones is 1. The molecule has 0 N–H and O–H groups in total. The molecule has 6 heteroatoms. The van der Waals surface area contributed by atoms with Crippen molar-refractivity contribution in [3.63, 3.8) is 0 Å². The lowest BCUT2D eigenvalue weighted by molar-refractivity contribution is -0.137. The maximum atomic E-state index is 12.8. The number of rotatable bonds is 3. The minimum atomic E-state index is -4.56. The van der Waals surface area contributed by atoms with Crippen LogP contribution in [0.4, 0.5) is 13.2 Å². The molecule has 2 nitrogen and oxygen atoms in total. The van der Waals surface area contributed by atoms with Crippen molar-refractivity contribution in [2.45, 2.75) is 19.5 Å². The maximum Gasteiger partial charge on any atom is 0.417 e. The van der Waals surface area contributed by atoms with Crippen LogP contribution in [0.2, 0.25) is 0 Å². The van der Waals surface area contributed by atoms with Crippen molar-refractivity contribution in [2.75, 3.05) is 0 Å². The second-order valence-electron chi connectivity index (χ2n) is 3.87. The highest BCUT2D eigenvalue weighted by atomic mass is 32.1. The van der Waals surface area contributed by atoms with Crippen molar-refractivity contribution in [1.29, 1.82) is 0 Å². The molecule has 0 bridgehead atoms. The van der Waals surface area contributed by atoms with Crippen LogP contribution in [0.1, 0.15) is 32.6 Å². The van der Waals surface area contributed by atoms with E-state index >= 15 is 0 Å². The molecule has 0 aliphatic carbocycles. The lowest BCUT2D eigenvalue weighted by Gasteiger charge is -2.10. The van der Waals surface area contributed by atoms with Crippen molar-refractivity contribution >= 4 is 17.1 Å². The first-order valence-electron chi connectivity index (χ1n) is 5.58. The smallest absolute Gasteiger partial charge is 0.288 e. The van der Waals surface area contributed by atoms with Crippen LogP contribution < -0.4 is 0 Å². The molecule has 0 spiro atoms. The summed E-state index contributed by atoms with van der Waals surface area (Å²) in [7, 11) is 0. The molecule has 0 amide bonds. The number of halogens is 3. The summed E-state index contributed by atoms with van der Waals surface area (Å²) in [6, 6.07) is 4.13. The molecular weight excluding hydrogens is 275 g/mol. The van der Waals surface area contributed by atoms with E-state index in [4.69, 9.17) is 0 Å². The van der Waals surface area contributed by atoms with Gasteiger partial charge in [0, 0.05) is 17.3 Å². The third-order valence-electron chi connectivity index (χ3n) is 2.61. The molecule has 0 radical (unpaired) electrons. The molecule has 0 unspecified atom stereocenters. The zero-order valence-electron chi connectivity index (χ0n) is 9.99. The van der Waals surface area contributed by atoms with Gasteiger partial charge < -0.3 is 0 Å². The van der Waals surface area contributed by atoms with Gasteiger partial charge in [0.05, 0.1) is 16.0 Å². The van der Waals surface area contributed by atoms with E-state index in [1.54, 1.807) is 12.1 Å². The van der Waals surface area contributed by atoms with E-state index in [1.807, 2.05) is 6.92 Å². The highest BCUT2D eigenvalue weighted by Crippen LogP contribution is 2.33. The Morgan fingerprint density at radius 2 is 2.05 bits per heavy atom. The van der Waals surface area contributed by atoms with E-state index < -0.39 is 23.1 Å². The van der Waals surface area contributed by atoms with Crippen LogP contribution in [0.15, 0.2) is 30.6 Å². The standard InChI is InChI=1S/C13H10F3NOS/c1-2-8-3-4-11(19-8)12(18)9-7-17-6-5-10(9)13(14,15)16/h3-7H,2H2,1H3. The van der Waals surface area contributed by atoms with Crippen molar-refractivity contribution < 1.29 is 18.0 Å². The Labute approximate surface area is 111 Å². The van der Waals surface area contributed by atoms with Crippen LogP contribution in [-0.4, -0.2) is 10.8 Å². The van der Waals surface area contributed by atoms with Crippen LogP contribution >= 0.6 is 11.3 Å². The summed E-state index contributed by atoms with van der Waals surface area (Å²) in [5, 5.41) is 0. The molecular formula is C13H10F3NOS. The SMILES string of the molecule is CCc1ccc(C(=O)c2cnccc2C(F)(F)F)s1. The maximum absolute atomic E-state index is 12.8. The molecule has 0 saturated carbocycles. The summed E-state index contributed by atoms with van der Waals surface area (Å²) in [5.41, 5.74) is -1.35. The summed E-state index contributed by atoms with van der Waals surface area (Å²) in [5.74, 6) is -0.634. The molecule has 0 aliphatic heterocycles. The zero-order chi connectivity index (χ0) is 14.0. The lowest BCUT2D eigenvalue weighted by Crippen LogP contribution is -2.13. The largest absolute Gasteiger partial charge is 0.417 e. The van der Waals surface area contributed by atoms with E-state index in [1.165, 1.54) is 11.3 Å². The lowest BCUT2D eigenvalue weighted by atomic mass is 10.1. The third-order valence-corrected chi connectivity index (χ3v) is 3.83. The Hall–Kier alpha value is -1.69. The number of aromatic nitrogens is 1. The number of hydrogen-bond donors (Lipinski definition) is 0. The summed E-state index contributed by atoms with van der Waals surface area (Å²) < 4.78 is 38.5. The highest BCUT2D eigenvalue weighted by Gasteiger charge is 2.35. The number of pyridine rings is 1. The Morgan fingerprint density at radius 3 is 2.63 bits per heavy atom. The average molecular weight is 285 g/mol. The van der Waals surface area contributed by atoms with Crippen molar-refractivity contribution in [3.05, 3.63) is 51.5 Å². The van der Waals surface area contributed by atoms with Gasteiger partial charge in [-0.2, -0.15) is 13.2 Å². The van der Waals surface area contributed by atoms with Crippen molar-refractivity contribution in [3.8, 4) is 0 Å². The van der Waals surface area contributed by atoms with Crippen molar-refractivity contribution in [1.82, 2.24) is 4.98 Å². The quantitative estimate of drug-likeness (QED) is 0.799. The van der Waals surface area contributed by atoms with Gasteiger partial charge >= 0.3 is 6.18 Å². The first kappa shape index (κ1) is 13.7. The highest BCUT2D eigenvalue weighted by molar-refractivity contribution is 7.14. The second-order valence-corrected chi connectivity index (χ2v) is 5.04. The topological polar surface area (TPSA) is 30.0 Å². The van der Waals surface area contributed by atoms with Gasteiger partial charge in [-0.25, -0.2) is 0 Å². The Bertz CT molecular complexity index is 604. The minimum Gasteiger partial charge on any atom is -0.288 e. The van der Waals surface area contributed by atoms with Gasteiger partial charge in [0.15, 0.2) is 0 Å². The van der Waals surface area contributed by atoms with Gasteiger partial charge in [0.2, 0.25) is 5.78 Å². The van der Waals surface area contributed by atoms with Gasteiger partial charge in [0.25, 0.3) is 0 Å². The molecule has 0 aliphatic rings. The fourth-order valence-electron chi connectivity index (χ4n) is 1.65. The number of carbonyl (C=O) groups excluding carboxylic acids is 1. The normalized spacial score (nSPS) is 11.6. The first-order valence-corrected chi connectivity index (χ1v) is 6.39. The van der Waals surface area contributed by atoms with Gasteiger partial charge in [-0.05, 0) is 24.6 Å². The number of thiophene rings is 1. The van der Waals surface area contributed by atoms with E-state index in [2.05, 4.69) is 4.98 Å². The van der Waals surface area contributed by atoms with Gasteiger partial charge in [-0.3, -0.25) is 9.78 Å². The van der Waals surface area contributed by atoms with E-state index in [-0.39, 0.29) is 0 Å². The van der Waals surface area contributed by atoms with E-state index in [0.717, 1.165) is 29.8 Å². The Kier molecular flexibility index (Phi) is 3.71. The molecule has 2 aromatic rings. The van der Waals surface area contributed by atoms with Gasteiger partial charge in [0.1, 0.15) is 0 Å². The van der Waals surface area contributed by atoms with E-state index in [9.17, 15) is 18.0 Å². The fraction of sp³-hybridized carbons (Fsp3) is 0.231. The van der Waals surface area contributed by atoms with Gasteiger partial charge in [-0.15, -0.1) is 11.3 Å². The molecule has 2 rings (SSSR count). The molecule has 0 fully saturated rings. The summed E-state index contributed by atoms with van der Waals surface area (Å²) in [6.07, 6.45) is -1.81. The summed E-state index contributed by atoms with van der Waals surface area (Å²) in [4.78, 5) is 17.0. The second kappa shape index (κ2) is 5.13. The Balaban J connectivity index is 2.44. The monoisotopic (exact) mass is 285 g/mol. The molecule has 2 heterocycles. The van der Waals surface area contributed by atoms with Crippen LogP contribution in [-0.2, 0) is 12.6 Å². The number of alkyl halides is 3. The number of nitrogens with zero attached hydrogens (tertiary/aromatic N) is 1. The fourth-order valence-corrected chi connectivity index (χ4v) is 2.55. The zero-order valence-corrected chi connectivity index (χ0v) is 10.8. The minimum absolute atomic E-state index is 0.301. The summed E-state index contributed by atoms with van der Waals surface area (Å²) >= 11 is 1.21. The number of hydrogen-bond acceptors (Lipinski definition) is 3. The third kappa shape index (κ3) is 2.84. The molecule has 0 atom stereocenters. The predicted octanol–water partition coefficient (Wildman–Crippen LogP) is 3.96. The van der Waals surface area contributed by atoms with Crippen LogP contribution in [0, 0.1) is 0 Å². The van der Waals surface area contributed by atoms with Crippen LogP contribution in [0.3, 0.4) is 0 Å². The van der Waals surface area contributed by atoms with Crippen molar-refractivity contribution in [2.24, 2.45) is 0 Å².